The van der Waals surface area contributed by atoms with Gasteiger partial charge in [-0.2, -0.15) is 5.48 Å². The highest BCUT2D eigenvalue weighted by Gasteiger charge is 2.49. The zero-order chi connectivity index (χ0) is 16.0. The number of hydroxylamine groups is 1. The van der Waals surface area contributed by atoms with E-state index in [1.54, 1.807) is 6.92 Å². The summed E-state index contributed by atoms with van der Waals surface area (Å²) in [5, 5.41) is 22.3. The summed E-state index contributed by atoms with van der Waals surface area (Å²) in [6.07, 6.45) is 0.839. The summed E-state index contributed by atoms with van der Waals surface area (Å²) < 4.78 is 0. The van der Waals surface area contributed by atoms with Crippen LogP contribution in [0.5, 0.6) is 0 Å². The molecule has 0 unspecified atom stereocenters. The Hall–Kier alpha value is -0.950. The first-order valence-electron chi connectivity index (χ1n) is 8.13. The van der Waals surface area contributed by atoms with E-state index in [4.69, 9.17) is 4.84 Å². The molecule has 1 aliphatic heterocycles. The maximum atomic E-state index is 12.6. The number of hydrogen-bond donors (Lipinski definition) is 4. The third kappa shape index (κ3) is 2.48. The predicted octanol–water partition coefficient (Wildman–Crippen LogP) is -0.0354. The van der Waals surface area contributed by atoms with Gasteiger partial charge in [-0.3, -0.25) is 9.63 Å². The zero-order valence-corrected chi connectivity index (χ0v) is 13.2. The van der Waals surface area contributed by atoms with E-state index in [2.05, 4.69) is 24.3 Å². The molecule has 124 valence electrons. The van der Waals surface area contributed by atoms with Gasteiger partial charge in [0.25, 0.3) is 0 Å². The normalized spacial score (nSPS) is 45.3. The van der Waals surface area contributed by atoms with Crippen molar-refractivity contribution in [3.8, 4) is 0 Å². The van der Waals surface area contributed by atoms with Crippen LogP contribution in [0.4, 0.5) is 0 Å². The fourth-order valence-electron chi connectivity index (χ4n) is 4.32. The van der Waals surface area contributed by atoms with Crippen LogP contribution in [0.3, 0.4) is 0 Å². The lowest BCUT2D eigenvalue weighted by atomic mass is 9.56. The van der Waals surface area contributed by atoms with Crippen molar-refractivity contribution in [3.05, 3.63) is 12.2 Å². The Kier molecular flexibility index (Phi) is 4.29. The molecule has 4 fully saturated rings. The highest BCUT2D eigenvalue weighted by Crippen LogP contribution is 2.52. The Bertz CT molecular complexity index is 467. The summed E-state index contributed by atoms with van der Waals surface area (Å²) in [6, 6.07) is -0.489. The van der Waals surface area contributed by atoms with Crippen molar-refractivity contribution in [3.63, 3.8) is 0 Å². The van der Waals surface area contributed by atoms with Crippen LogP contribution in [0.25, 0.3) is 0 Å². The average Bonchev–Trinajstić information content (AvgIpc) is 2.92. The molecule has 0 radical (unpaired) electrons. The van der Waals surface area contributed by atoms with Gasteiger partial charge in [-0.1, -0.05) is 19.1 Å². The van der Waals surface area contributed by atoms with E-state index in [9.17, 15) is 15.0 Å². The predicted molar refractivity (Wildman–Crippen MR) is 80.5 cm³/mol. The minimum absolute atomic E-state index is 0.145. The Balaban J connectivity index is 1.63. The number of rotatable bonds is 4. The smallest absolute Gasteiger partial charge is 0.240 e. The fraction of sp³-hybridized carbons (Fsp3) is 0.812. The Morgan fingerprint density at radius 2 is 2.27 bits per heavy atom. The first-order chi connectivity index (χ1) is 10.4. The molecule has 2 bridgehead atoms. The molecule has 8 atom stereocenters. The van der Waals surface area contributed by atoms with Gasteiger partial charge in [-0.25, -0.2) is 0 Å². The largest absolute Gasteiger partial charge is 0.394 e. The van der Waals surface area contributed by atoms with Crippen LogP contribution in [0, 0.1) is 23.7 Å². The van der Waals surface area contributed by atoms with E-state index >= 15 is 0 Å². The summed E-state index contributed by atoms with van der Waals surface area (Å²) in [5.41, 5.74) is 4.01. The molecule has 0 spiro atoms. The van der Waals surface area contributed by atoms with Crippen LogP contribution in [-0.4, -0.2) is 47.0 Å². The quantitative estimate of drug-likeness (QED) is 0.547. The van der Waals surface area contributed by atoms with Crippen LogP contribution >= 0.6 is 0 Å². The summed E-state index contributed by atoms with van der Waals surface area (Å²) in [7, 11) is 0. The molecule has 6 heteroatoms. The molecular formula is C16H26N2O4. The summed E-state index contributed by atoms with van der Waals surface area (Å²) in [5.74, 6) is 0.841. The Labute approximate surface area is 130 Å². The lowest BCUT2D eigenvalue weighted by molar-refractivity contribution is -0.127. The summed E-state index contributed by atoms with van der Waals surface area (Å²) >= 11 is 0. The first-order valence-corrected chi connectivity index (χ1v) is 8.13. The standard InChI is InChI=1S/C16H26N2O4/c1-7-10-4-11(7)8(2)12(5-10)17-16(21)15-14(9(3)20)13(6-19)22-18-15/h8-15,18-20H,1,4-6H2,2-3H3,(H,17,21)/t8-,9-,10+,11+,12-,13-,14+,15-/m0/s1. The minimum Gasteiger partial charge on any atom is -0.394 e. The van der Waals surface area contributed by atoms with E-state index in [0.29, 0.717) is 17.8 Å². The molecule has 1 amide bonds. The number of allylic oxidation sites excluding steroid dienone is 1. The van der Waals surface area contributed by atoms with E-state index in [1.165, 1.54) is 12.0 Å². The van der Waals surface area contributed by atoms with Crippen molar-refractivity contribution >= 4 is 5.91 Å². The highest BCUT2D eigenvalue weighted by atomic mass is 16.7. The molecule has 22 heavy (non-hydrogen) atoms. The molecule has 1 saturated heterocycles. The maximum Gasteiger partial charge on any atom is 0.240 e. The van der Waals surface area contributed by atoms with E-state index in [1.807, 2.05) is 0 Å². The number of hydrogen-bond acceptors (Lipinski definition) is 5. The van der Waals surface area contributed by atoms with Crippen molar-refractivity contribution < 1.29 is 19.8 Å². The van der Waals surface area contributed by atoms with Gasteiger partial charge in [0.2, 0.25) is 5.91 Å². The molecule has 6 nitrogen and oxygen atoms in total. The number of amides is 1. The topological polar surface area (TPSA) is 90.8 Å². The fourth-order valence-corrected chi connectivity index (χ4v) is 4.32. The molecule has 4 aliphatic rings. The molecule has 0 aromatic rings. The van der Waals surface area contributed by atoms with Gasteiger partial charge in [0.05, 0.1) is 12.7 Å². The molecule has 4 N–H and O–H groups in total. The van der Waals surface area contributed by atoms with E-state index < -0.39 is 24.2 Å². The molecule has 0 aromatic carbocycles. The van der Waals surface area contributed by atoms with E-state index in [-0.39, 0.29) is 18.6 Å². The van der Waals surface area contributed by atoms with E-state index in [0.717, 1.165) is 6.42 Å². The summed E-state index contributed by atoms with van der Waals surface area (Å²) in [4.78, 5) is 17.8. The highest BCUT2D eigenvalue weighted by molar-refractivity contribution is 5.82. The van der Waals surface area contributed by atoms with Gasteiger partial charge < -0.3 is 15.5 Å². The maximum absolute atomic E-state index is 12.6. The first kappa shape index (κ1) is 15.9. The second-order valence-electron chi connectivity index (χ2n) is 7.08. The van der Waals surface area contributed by atoms with Gasteiger partial charge in [0.1, 0.15) is 12.1 Å². The van der Waals surface area contributed by atoms with Crippen molar-refractivity contribution in [1.82, 2.24) is 10.8 Å². The van der Waals surface area contributed by atoms with Crippen LogP contribution < -0.4 is 10.8 Å². The minimum atomic E-state index is -0.736. The van der Waals surface area contributed by atoms with Crippen LogP contribution in [0.1, 0.15) is 26.7 Å². The summed E-state index contributed by atoms with van der Waals surface area (Å²) in [6.45, 7) is 7.69. The second-order valence-corrected chi connectivity index (χ2v) is 7.08. The van der Waals surface area contributed by atoms with Gasteiger partial charge in [-0.05, 0) is 37.5 Å². The third-order valence-corrected chi connectivity index (χ3v) is 5.85. The van der Waals surface area contributed by atoms with Crippen molar-refractivity contribution in [2.45, 2.75) is 51.0 Å². The number of carbonyl (C=O) groups is 1. The van der Waals surface area contributed by atoms with Gasteiger partial charge in [-0.15, -0.1) is 0 Å². The van der Waals surface area contributed by atoms with Gasteiger partial charge >= 0.3 is 0 Å². The molecule has 3 aliphatic carbocycles. The van der Waals surface area contributed by atoms with Crippen molar-refractivity contribution in [1.29, 1.82) is 0 Å². The van der Waals surface area contributed by atoms with Gasteiger partial charge in [0, 0.05) is 12.0 Å². The second kappa shape index (κ2) is 5.92. The Morgan fingerprint density at radius 3 is 2.82 bits per heavy atom. The lowest BCUT2D eigenvalue weighted by Gasteiger charge is -2.52. The number of aliphatic hydroxyl groups excluding tert-OH is 2. The molecule has 3 saturated carbocycles. The van der Waals surface area contributed by atoms with Crippen LogP contribution in [-0.2, 0) is 9.63 Å². The number of carbonyl (C=O) groups excluding carboxylic acids is 1. The van der Waals surface area contributed by atoms with Crippen LogP contribution in [0.2, 0.25) is 0 Å². The third-order valence-electron chi connectivity index (χ3n) is 5.85. The lowest BCUT2D eigenvalue weighted by Crippen LogP contribution is -2.57. The molecule has 1 heterocycles. The van der Waals surface area contributed by atoms with Gasteiger partial charge in [0.15, 0.2) is 0 Å². The Morgan fingerprint density at radius 1 is 1.55 bits per heavy atom. The van der Waals surface area contributed by atoms with Crippen LogP contribution in [0.15, 0.2) is 12.2 Å². The number of fused-ring (bicyclic) bond motifs is 2. The molecule has 0 aromatic heterocycles. The zero-order valence-electron chi connectivity index (χ0n) is 13.2. The number of aliphatic hydroxyl groups is 2. The molecule has 4 rings (SSSR count). The average molecular weight is 310 g/mol. The van der Waals surface area contributed by atoms with Crippen molar-refractivity contribution in [2.24, 2.45) is 23.7 Å². The number of nitrogens with one attached hydrogen (secondary N) is 2. The monoisotopic (exact) mass is 310 g/mol. The SMILES string of the molecule is C=C1[C@H]2C[C@H](NC(=O)[C@H]3NO[C@@H](CO)[C@H]3[C@H](C)O)[C@@H](C)[C@@H]1C2. The van der Waals surface area contributed by atoms with Crippen molar-refractivity contribution in [2.75, 3.05) is 6.61 Å². The molecular weight excluding hydrogens is 284 g/mol.